The van der Waals surface area contributed by atoms with Crippen LogP contribution in [-0.2, 0) is 22.5 Å². The number of piperidine rings is 1. The van der Waals surface area contributed by atoms with Crippen LogP contribution >= 0.6 is 11.6 Å². The van der Waals surface area contributed by atoms with E-state index in [2.05, 4.69) is 22.3 Å². The lowest BCUT2D eigenvalue weighted by Gasteiger charge is -2.20. The normalized spacial score (nSPS) is 20.6. The van der Waals surface area contributed by atoms with Crippen LogP contribution in [0, 0.1) is 23.5 Å². The Bertz CT molecular complexity index is 1280. The first-order valence-corrected chi connectivity index (χ1v) is 14.0. The molecule has 2 fully saturated rings. The minimum atomic E-state index is -1.12. The summed E-state index contributed by atoms with van der Waals surface area (Å²) in [6, 6.07) is 18.8. The van der Waals surface area contributed by atoms with Crippen LogP contribution in [0.2, 0.25) is 5.02 Å². The number of nitrogens with zero attached hydrogens (tertiary/aromatic N) is 1. The lowest BCUT2D eigenvalue weighted by molar-refractivity contribution is -0.151. The highest BCUT2D eigenvalue weighted by molar-refractivity contribution is 6.30. The van der Waals surface area contributed by atoms with Crippen LogP contribution < -0.4 is 14.8 Å². The fourth-order valence-electron chi connectivity index (χ4n) is 5.35. The van der Waals surface area contributed by atoms with Crippen LogP contribution in [0.1, 0.15) is 18.1 Å². The first-order chi connectivity index (χ1) is 19.4. The van der Waals surface area contributed by atoms with Crippen LogP contribution in [0.15, 0.2) is 66.7 Å². The molecule has 0 spiro atoms. The summed E-state index contributed by atoms with van der Waals surface area (Å²) in [4.78, 5) is 14.9. The number of likely N-dealkylation sites (tertiary alicyclic amines) is 1. The Kier molecular flexibility index (Phi) is 9.19. The summed E-state index contributed by atoms with van der Waals surface area (Å²) in [5, 5.41) is 4.39. The summed E-state index contributed by atoms with van der Waals surface area (Å²) < 4.78 is 44.1. The summed E-state index contributed by atoms with van der Waals surface area (Å²) >= 11 is 5.98. The van der Waals surface area contributed by atoms with Gasteiger partial charge in [0.1, 0.15) is 18.2 Å². The van der Waals surface area contributed by atoms with Crippen LogP contribution in [0.5, 0.6) is 11.5 Å². The maximum atomic E-state index is 14.1. The molecule has 1 aliphatic carbocycles. The van der Waals surface area contributed by atoms with Crippen molar-refractivity contribution >= 4 is 17.6 Å². The highest BCUT2D eigenvalue weighted by Crippen LogP contribution is 2.45. The molecule has 1 saturated heterocycles. The average Bonchev–Trinajstić information content (AvgIpc) is 3.39. The highest BCUT2D eigenvalue weighted by atomic mass is 35.5. The minimum Gasteiger partial charge on any atom is -0.492 e. The Balaban J connectivity index is 1.04. The summed E-state index contributed by atoms with van der Waals surface area (Å²) in [5.74, 6) is -0.284. The van der Waals surface area contributed by atoms with Gasteiger partial charge in [0.05, 0.1) is 6.61 Å². The van der Waals surface area contributed by atoms with Gasteiger partial charge in [-0.2, -0.15) is 0 Å². The molecular weight excluding hydrogens is 538 g/mol. The second-order valence-corrected chi connectivity index (χ2v) is 10.7. The van der Waals surface area contributed by atoms with Crippen molar-refractivity contribution in [3.63, 3.8) is 0 Å². The number of hydrogen-bond acceptors (Lipinski definition) is 6. The van der Waals surface area contributed by atoms with Crippen molar-refractivity contribution in [2.75, 3.05) is 32.8 Å². The molecule has 0 amide bonds. The van der Waals surface area contributed by atoms with E-state index >= 15 is 0 Å². The summed E-state index contributed by atoms with van der Waals surface area (Å²) in [7, 11) is 0. The van der Waals surface area contributed by atoms with Gasteiger partial charge in [-0.25, -0.2) is 13.6 Å². The SMILES string of the molecule is CCOC(=O)[C@H](Cc1ccc(OCCNC2C3CN(Cc4ccc(Cl)cc4)C[C@@H]32)cc1)Oc1cc(F)ccc1F. The second kappa shape index (κ2) is 13.0. The van der Waals surface area contributed by atoms with Gasteiger partial charge in [-0.1, -0.05) is 35.9 Å². The Morgan fingerprint density at radius 2 is 1.73 bits per heavy atom. The zero-order valence-corrected chi connectivity index (χ0v) is 23.1. The van der Waals surface area contributed by atoms with Crippen LogP contribution in [0.4, 0.5) is 8.78 Å². The monoisotopic (exact) mass is 570 g/mol. The van der Waals surface area contributed by atoms with E-state index in [4.69, 9.17) is 25.8 Å². The lowest BCUT2D eigenvalue weighted by Crippen LogP contribution is -2.33. The average molecular weight is 571 g/mol. The second-order valence-electron chi connectivity index (χ2n) is 10.3. The van der Waals surface area contributed by atoms with E-state index in [1.165, 1.54) is 5.56 Å². The molecule has 3 aromatic rings. The molecule has 1 N–H and O–H groups in total. The van der Waals surface area contributed by atoms with E-state index in [-0.39, 0.29) is 18.8 Å². The number of carbonyl (C=O) groups is 1. The Hall–Kier alpha value is -3.20. The molecule has 2 aliphatic rings. The van der Waals surface area contributed by atoms with Gasteiger partial charge in [0, 0.05) is 49.7 Å². The third-order valence-corrected chi connectivity index (χ3v) is 7.65. The van der Waals surface area contributed by atoms with Crippen molar-refractivity contribution in [3.05, 3.63) is 94.5 Å². The van der Waals surface area contributed by atoms with E-state index in [0.717, 1.165) is 55.0 Å². The number of esters is 1. The van der Waals surface area contributed by atoms with Gasteiger partial charge in [0.15, 0.2) is 17.7 Å². The molecule has 1 saturated carbocycles. The van der Waals surface area contributed by atoms with Gasteiger partial charge >= 0.3 is 5.97 Å². The fourth-order valence-corrected chi connectivity index (χ4v) is 5.48. The molecule has 6 nitrogen and oxygen atoms in total. The van der Waals surface area contributed by atoms with E-state index in [1.807, 2.05) is 36.4 Å². The molecule has 3 aromatic carbocycles. The number of rotatable bonds is 13. The number of halogens is 3. The maximum Gasteiger partial charge on any atom is 0.347 e. The van der Waals surface area contributed by atoms with E-state index in [9.17, 15) is 13.6 Å². The van der Waals surface area contributed by atoms with Gasteiger partial charge in [-0.05, 0) is 66.3 Å². The van der Waals surface area contributed by atoms with Crippen LogP contribution in [0.25, 0.3) is 0 Å². The molecular formula is C31H33ClF2N2O4. The summed E-state index contributed by atoms with van der Waals surface area (Å²) in [6.45, 7) is 6.29. The molecule has 9 heteroatoms. The predicted octanol–water partition coefficient (Wildman–Crippen LogP) is 5.27. The van der Waals surface area contributed by atoms with E-state index in [1.54, 1.807) is 6.92 Å². The molecule has 0 bridgehead atoms. The van der Waals surface area contributed by atoms with Crippen molar-refractivity contribution in [3.8, 4) is 11.5 Å². The maximum absolute atomic E-state index is 14.1. The first kappa shape index (κ1) is 28.3. The van der Waals surface area contributed by atoms with Crippen LogP contribution in [0.3, 0.4) is 0 Å². The van der Waals surface area contributed by atoms with Gasteiger partial charge < -0.3 is 19.5 Å². The van der Waals surface area contributed by atoms with Crippen LogP contribution in [-0.4, -0.2) is 55.9 Å². The van der Waals surface area contributed by atoms with Gasteiger partial charge in [-0.15, -0.1) is 0 Å². The van der Waals surface area contributed by atoms with Crippen molar-refractivity contribution in [1.29, 1.82) is 0 Å². The van der Waals surface area contributed by atoms with Gasteiger partial charge in [-0.3, -0.25) is 4.90 Å². The standard InChI is InChI=1S/C31H33ClF2N2O4/c1-2-38-31(37)29(40-28-16-23(33)9-12-27(28)34)15-20-5-10-24(11-6-20)39-14-13-35-30-25-18-36(19-26(25)30)17-21-3-7-22(32)8-4-21/h3-12,16,25-26,29-30,35H,2,13-15,17-19H2,1H3/t25-,26?,29-,30?/m0/s1. The molecule has 1 heterocycles. The Morgan fingerprint density at radius 1 is 1.02 bits per heavy atom. The Labute approximate surface area is 238 Å². The summed E-state index contributed by atoms with van der Waals surface area (Å²) in [5.41, 5.74) is 2.06. The smallest absolute Gasteiger partial charge is 0.347 e. The number of carbonyl (C=O) groups excluding carboxylic acids is 1. The zero-order valence-electron chi connectivity index (χ0n) is 22.3. The van der Waals surface area contributed by atoms with Crippen molar-refractivity contribution in [2.24, 2.45) is 11.8 Å². The minimum absolute atomic E-state index is 0.135. The molecule has 40 heavy (non-hydrogen) atoms. The molecule has 0 aromatic heterocycles. The van der Waals surface area contributed by atoms with Gasteiger partial charge in [0.25, 0.3) is 0 Å². The topological polar surface area (TPSA) is 60.0 Å². The fraction of sp³-hybridized carbons (Fsp3) is 0.387. The number of ether oxygens (including phenoxy) is 3. The van der Waals surface area contributed by atoms with E-state index in [0.29, 0.717) is 30.2 Å². The molecule has 212 valence electrons. The largest absolute Gasteiger partial charge is 0.492 e. The molecule has 4 atom stereocenters. The quantitative estimate of drug-likeness (QED) is 0.223. The van der Waals surface area contributed by atoms with E-state index < -0.39 is 23.7 Å². The molecule has 2 unspecified atom stereocenters. The summed E-state index contributed by atoms with van der Waals surface area (Å²) in [6.07, 6.45) is -0.983. The Morgan fingerprint density at radius 3 is 2.42 bits per heavy atom. The number of nitrogens with one attached hydrogen (secondary N) is 1. The first-order valence-electron chi connectivity index (χ1n) is 13.6. The van der Waals surface area contributed by atoms with Crippen molar-refractivity contribution in [2.45, 2.75) is 32.0 Å². The zero-order chi connectivity index (χ0) is 28.1. The van der Waals surface area contributed by atoms with Crippen molar-refractivity contribution < 1.29 is 27.8 Å². The van der Waals surface area contributed by atoms with Gasteiger partial charge in [0.2, 0.25) is 0 Å². The third kappa shape index (κ3) is 7.30. The lowest BCUT2D eigenvalue weighted by atomic mass is 10.1. The number of benzene rings is 3. The molecule has 1 aliphatic heterocycles. The highest BCUT2D eigenvalue weighted by Gasteiger charge is 2.55. The predicted molar refractivity (Wildman–Crippen MR) is 149 cm³/mol. The third-order valence-electron chi connectivity index (χ3n) is 7.40. The molecule has 0 radical (unpaired) electrons. The number of fused-ring (bicyclic) bond motifs is 1. The van der Waals surface area contributed by atoms with Crippen molar-refractivity contribution in [1.82, 2.24) is 10.2 Å². The molecule has 5 rings (SSSR count). The number of hydrogen-bond donors (Lipinski definition) is 1.